The molecule has 1 aromatic carbocycles. The van der Waals surface area contributed by atoms with Gasteiger partial charge in [0.2, 0.25) is 5.91 Å². The number of piperidine rings is 1. The molecule has 7 heteroatoms. The zero-order chi connectivity index (χ0) is 14.9. The van der Waals surface area contributed by atoms with Crippen LogP contribution in [0.25, 0.3) is 0 Å². The minimum absolute atomic E-state index is 0.231. The lowest BCUT2D eigenvalue weighted by Gasteiger charge is -2.28. The summed E-state index contributed by atoms with van der Waals surface area (Å²) in [5.74, 6) is -1.02. The van der Waals surface area contributed by atoms with E-state index in [1.54, 1.807) is 12.1 Å². The Hall–Kier alpha value is -1.40. The monoisotopic (exact) mass is 358 g/mol. The molecule has 1 aromatic rings. The highest BCUT2D eigenvalue weighted by Gasteiger charge is 2.32. The molecule has 1 unspecified atom stereocenters. The van der Waals surface area contributed by atoms with E-state index in [4.69, 9.17) is 11.6 Å². The molecule has 1 aliphatic rings. The normalized spacial score (nSPS) is 19.1. The fourth-order valence-electron chi connectivity index (χ4n) is 1.98. The third kappa shape index (κ3) is 3.19. The fourth-order valence-corrected chi connectivity index (χ4v) is 2.84. The molecule has 3 amide bonds. The summed E-state index contributed by atoms with van der Waals surface area (Å²) in [5, 5.41) is 3.05. The minimum atomic E-state index is -0.678. The Labute approximate surface area is 129 Å². The van der Waals surface area contributed by atoms with Crippen LogP contribution >= 0.6 is 27.5 Å². The van der Waals surface area contributed by atoms with Gasteiger partial charge in [-0.15, -0.1) is 0 Å². The van der Waals surface area contributed by atoms with Crippen LogP contribution < -0.4 is 5.32 Å². The first kappa shape index (κ1) is 15.0. The Morgan fingerprint density at radius 3 is 2.75 bits per heavy atom. The molecule has 1 N–H and O–H groups in total. The van der Waals surface area contributed by atoms with E-state index >= 15 is 0 Å². The van der Waals surface area contributed by atoms with E-state index in [0.717, 1.165) is 4.90 Å². The molecule has 5 nitrogen and oxygen atoms in total. The van der Waals surface area contributed by atoms with Gasteiger partial charge in [-0.05, 0) is 24.6 Å². The van der Waals surface area contributed by atoms with Crippen LogP contribution in [0.3, 0.4) is 0 Å². The lowest BCUT2D eigenvalue weighted by molar-refractivity contribution is -0.147. The largest absolute Gasteiger partial charge is 0.340 e. The number of benzene rings is 1. The summed E-state index contributed by atoms with van der Waals surface area (Å²) in [5.41, 5.74) is 0.358. The van der Waals surface area contributed by atoms with Crippen LogP contribution in [0.15, 0.2) is 22.7 Å². The van der Waals surface area contributed by atoms with Crippen LogP contribution in [-0.2, 0) is 9.59 Å². The summed E-state index contributed by atoms with van der Waals surface area (Å²) in [7, 11) is 1.42. The van der Waals surface area contributed by atoms with Gasteiger partial charge in [-0.25, -0.2) is 0 Å². The first-order chi connectivity index (χ1) is 9.38. The second-order valence-electron chi connectivity index (χ2n) is 4.51. The maximum absolute atomic E-state index is 12.1. The Balaban J connectivity index is 2.11. The number of halogens is 2. The molecule has 0 aliphatic carbocycles. The van der Waals surface area contributed by atoms with E-state index in [2.05, 4.69) is 21.2 Å². The summed E-state index contributed by atoms with van der Waals surface area (Å²) in [4.78, 5) is 36.4. The standard InChI is InChI=1S/C13H12BrClN2O3/c1-17-11(18)3-2-10(13(17)20)16-12(19)7-4-8(14)6-9(15)5-7/h4-6,10H,2-3H2,1H3,(H,16,19). The van der Waals surface area contributed by atoms with Crippen molar-refractivity contribution in [3.05, 3.63) is 33.3 Å². The Kier molecular flexibility index (Phi) is 4.45. The first-order valence-corrected chi connectivity index (χ1v) is 7.13. The van der Waals surface area contributed by atoms with Gasteiger partial charge in [0, 0.05) is 28.5 Å². The molecule has 0 radical (unpaired) electrons. The third-order valence-corrected chi connectivity index (χ3v) is 3.76. The predicted molar refractivity (Wildman–Crippen MR) is 77.4 cm³/mol. The smallest absolute Gasteiger partial charge is 0.252 e. The fraction of sp³-hybridized carbons (Fsp3) is 0.308. The van der Waals surface area contributed by atoms with Gasteiger partial charge in [0.1, 0.15) is 6.04 Å². The highest BCUT2D eigenvalue weighted by molar-refractivity contribution is 9.10. The molecule has 1 fully saturated rings. The molecule has 106 valence electrons. The highest BCUT2D eigenvalue weighted by atomic mass is 79.9. The number of nitrogens with one attached hydrogen (secondary N) is 1. The molecular formula is C13H12BrClN2O3. The molecule has 1 saturated heterocycles. The summed E-state index contributed by atoms with van der Waals surface area (Å²) in [6.07, 6.45) is 0.557. The van der Waals surface area contributed by atoms with Gasteiger partial charge in [-0.1, -0.05) is 27.5 Å². The zero-order valence-electron chi connectivity index (χ0n) is 10.7. The zero-order valence-corrected chi connectivity index (χ0v) is 13.0. The quantitative estimate of drug-likeness (QED) is 0.821. The number of likely N-dealkylation sites (tertiary alicyclic amines) is 1. The number of amides is 3. The summed E-state index contributed by atoms with van der Waals surface area (Å²) < 4.78 is 0.678. The van der Waals surface area contributed by atoms with Crippen molar-refractivity contribution in [1.29, 1.82) is 0 Å². The number of likely N-dealkylation sites (N-methyl/N-ethyl adjacent to an activating group) is 1. The number of rotatable bonds is 2. The van der Waals surface area contributed by atoms with Crippen molar-refractivity contribution in [3.63, 3.8) is 0 Å². The van der Waals surface area contributed by atoms with Crippen LogP contribution in [0, 0.1) is 0 Å². The van der Waals surface area contributed by atoms with Crippen LogP contribution in [0.4, 0.5) is 0 Å². The van der Waals surface area contributed by atoms with Gasteiger partial charge in [-0.3, -0.25) is 19.3 Å². The Morgan fingerprint density at radius 1 is 1.40 bits per heavy atom. The number of nitrogens with zero attached hydrogens (tertiary/aromatic N) is 1. The van der Waals surface area contributed by atoms with Gasteiger partial charge in [0.05, 0.1) is 0 Å². The predicted octanol–water partition coefficient (Wildman–Crippen LogP) is 1.98. The number of imide groups is 1. The van der Waals surface area contributed by atoms with E-state index < -0.39 is 17.9 Å². The van der Waals surface area contributed by atoms with E-state index in [1.807, 2.05) is 0 Å². The first-order valence-electron chi connectivity index (χ1n) is 5.96. The van der Waals surface area contributed by atoms with Crippen molar-refractivity contribution >= 4 is 45.3 Å². The minimum Gasteiger partial charge on any atom is -0.340 e. The number of carbonyl (C=O) groups excluding carboxylic acids is 3. The molecule has 1 aliphatic heterocycles. The lowest BCUT2D eigenvalue weighted by atomic mass is 10.0. The second-order valence-corrected chi connectivity index (χ2v) is 5.87. The van der Waals surface area contributed by atoms with Crippen molar-refractivity contribution in [3.8, 4) is 0 Å². The van der Waals surface area contributed by atoms with Crippen molar-refractivity contribution in [2.75, 3.05) is 7.05 Å². The van der Waals surface area contributed by atoms with Gasteiger partial charge in [0.25, 0.3) is 11.8 Å². The molecule has 0 spiro atoms. The van der Waals surface area contributed by atoms with E-state index in [1.165, 1.54) is 13.1 Å². The second kappa shape index (κ2) is 5.93. The van der Waals surface area contributed by atoms with Crippen molar-refractivity contribution < 1.29 is 14.4 Å². The highest BCUT2D eigenvalue weighted by Crippen LogP contribution is 2.20. The molecule has 1 heterocycles. The Bertz CT molecular complexity index is 571. The van der Waals surface area contributed by atoms with Crippen LogP contribution in [0.5, 0.6) is 0 Å². The molecule has 0 saturated carbocycles. The average molecular weight is 360 g/mol. The molecule has 0 aromatic heterocycles. The number of carbonyl (C=O) groups is 3. The van der Waals surface area contributed by atoms with Crippen molar-refractivity contribution in [2.24, 2.45) is 0 Å². The summed E-state index contributed by atoms with van der Waals surface area (Å²) in [6.45, 7) is 0. The van der Waals surface area contributed by atoms with Crippen LogP contribution in [0.1, 0.15) is 23.2 Å². The van der Waals surface area contributed by atoms with Gasteiger partial charge in [-0.2, -0.15) is 0 Å². The number of hydrogen-bond donors (Lipinski definition) is 1. The SMILES string of the molecule is CN1C(=O)CCC(NC(=O)c2cc(Cl)cc(Br)c2)C1=O. The number of hydrogen-bond acceptors (Lipinski definition) is 3. The van der Waals surface area contributed by atoms with E-state index in [0.29, 0.717) is 21.5 Å². The molecule has 0 bridgehead atoms. The maximum atomic E-state index is 12.1. The van der Waals surface area contributed by atoms with Crippen molar-refractivity contribution in [2.45, 2.75) is 18.9 Å². The van der Waals surface area contributed by atoms with Crippen molar-refractivity contribution in [1.82, 2.24) is 10.2 Å². The molecular weight excluding hydrogens is 348 g/mol. The molecule has 2 rings (SSSR count). The summed E-state index contributed by atoms with van der Waals surface area (Å²) in [6, 6.07) is 4.12. The molecule has 20 heavy (non-hydrogen) atoms. The Morgan fingerprint density at radius 2 is 2.10 bits per heavy atom. The van der Waals surface area contributed by atoms with Gasteiger partial charge in [0.15, 0.2) is 0 Å². The van der Waals surface area contributed by atoms with Crippen LogP contribution in [-0.4, -0.2) is 35.7 Å². The average Bonchev–Trinajstić information content (AvgIpc) is 2.38. The van der Waals surface area contributed by atoms with E-state index in [9.17, 15) is 14.4 Å². The topological polar surface area (TPSA) is 66.5 Å². The lowest BCUT2D eigenvalue weighted by Crippen LogP contribution is -2.52. The third-order valence-electron chi connectivity index (χ3n) is 3.08. The molecule has 1 atom stereocenters. The van der Waals surface area contributed by atoms with Gasteiger partial charge >= 0.3 is 0 Å². The summed E-state index contributed by atoms with van der Waals surface area (Å²) >= 11 is 9.13. The van der Waals surface area contributed by atoms with Crippen LogP contribution in [0.2, 0.25) is 5.02 Å². The maximum Gasteiger partial charge on any atom is 0.252 e. The van der Waals surface area contributed by atoms with Gasteiger partial charge < -0.3 is 5.32 Å². The van der Waals surface area contributed by atoms with E-state index in [-0.39, 0.29) is 12.3 Å².